The van der Waals surface area contributed by atoms with Crippen LogP contribution in [0.15, 0.2) is 54.9 Å². The number of aromatic carboxylic acids is 1. The zero-order valence-corrected chi connectivity index (χ0v) is 18.9. The molecular formula is C27H29N3O3. The van der Waals surface area contributed by atoms with Crippen molar-refractivity contribution in [3.8, 4) is 0 Å². The molecule has 1 aliphatic carbocycles. The number of aromatic nitrogens is 1. The number of rotatable bonds is 7. The first kappa shape index (κ1) is 21.5. The van der Waals surface area contributed by atoms with Gasteiger partial charge in [0.05, 0.1) is 30.7 Å². The minimum Gasteiger partial charge on any atom is -0.478 e. The first-order chi connectivity index (χ1) is 16.1. The fourth-order valence-corrected chi connectivity index (χ4v) is 4.99. The van der Waals surface area contributed by atoms with E-state index < -0.39 is 5.97 Å². The van der Waals surface area contributed by atoms with E-state index in [4.69, 9.17) is 4.74 Å². The lowest BCUT2D eigenvalue weighted by atomic mass is 9.82. The summed E-state index contributed by atoms with van der Waals surface area (Å²) in [7, 11) is 2.14. The quantitative estimate of drug-likeness (QED) is 0.537. The molecule has 0 unspecified atom stereocenters. The molecule has 1 aromatic heterocycles. The predicted molar refractivity (Wildman–Crippen MR) is 129 cm³/mol. The van der Waals surface area contributed by atoms with Gasteiger partial charge >= 0.3 is 5.97 Å². The summed E-state index contributed by atoms with van der Waals surface area (Å²) < 4.78 is 5.55. The molecule has 33 heavy (non-hydrogen) atoms. The lowest BCUT2D eigenvalue weighted by Crippen LogP contribution is -2.21. The third-order valence-corrected chi connectivity index (χ3v) is 6.80. The van der Waals surface area contributed by atoms with Crippen molar-refractivity contribution in [3.63, 3.8) is 0 Å². The highest BCUT2D eigenvalue weighted by molar-refractivity contribution is 5.93. The molecule has 2 heterocycles. The van der Waals surface area contributed by atoms with Crippen LogP contribution in [0, 0.1) is 0 Å². The van der Waals surface area contributed by atoms with Gasteiger partial charge in [-0.25, -0.2) is 4.79 Å². The van der Waals surface area contributed by atoms with E-state index in [1.165, 1.54) is 45.8 Å². The van der Waals surface area contributed by atoms with Gasteiger partial charge in [0, 0.05) is 37.9 Å². The van der Waals surface area contributed by atoms with Gasteiger partial charge in [0.1, 0.15) is 0 Å². The summed E-state index contributed by atoms with van der Waals surface area (Å²) in [6, 6.07) is 15.0. The van der Waals surface area contributed by atoms with Crippen LogP contribution in [0.4, 0.5) is 11.4 Å². The number of ether oxygens (including phenoxy) is 1. The van der Waals surface area contributed by atoms with Crippen LogP contribution in [-0.4, -0.2) is 29.7 Å². The molecule has 3 aromatic rings. The van der Waals surface area contributed by atoms with Gasteiger partial charge in [-0.15, -0.1) is 0 Å². The summed E-state index contributed by atoms with van der Waals surface area (Å²) >= 11 is 0. The molecule has 1 aliphatic heterocycles. The third-order valence-electron chi connectivity index (χ3n) is 6.80. The van der Waals surface area contributed by atoms with E-state index in [0.29, 0.717) is 24.8 Å². The molecule has 0 saturated carbocycles. The Kier molecular flexibility index (Phi) is 6.01. The third kappa shape index (κ3) is 4.57. The van der Waals surface area contributed by atoms with Crippen LogP contribution in [0.5, 0.6) is 0 Å². The zero-order chi connectivity index (χ0) is 22.8. The van der Waals surface area contributed by atoms with Crippen LogP contribution in [0.25, 0.3) is 0 Å². The fourth-order valence-electron chi connectivity index (χ4n) is 4.99. The number of hydrogen-bond donors (Lipinski definition) is 2. The average Bonchev–Trinajstić information content (AvgIpc) is 3.30. The molecule has 0 saturated heterocycles. The molecule has 5 rings (SSSR count). The molecule has 0 bridgehead atoms. The molecule has 6 heteroatoms. The van der Waals surface area contributed by atoms with Crippen molar-refractivity contribution in [1.82, 2.24) is 4.98 Å². The number of aryl methyl sites for hydroxylation is 1. The van der Waals surface area contributed by atoms with E-state index in [1.807, 2.05) is 0 Å². The van der Waals surface area contributed by atoms with E-state index in [9.17, 15) is 9.90 Å². The largest absolute Gasteiger partial charge is 0.478 e. The highest BCUT2D eigenvalue weighted by Gasteiger charge is 2.22. The molecule has 2 aromatic carbocycles. The second kappa shape index (κ2) is 9.24. The number of pyridine rings is 1. The van der Waals surface area contributed by atoms with Crippen molar-refractivity contribution < 1.29 is 14.6 Å². The Morgan fingerprint density at radius 3 is 2.91 bits per heavy atom. The summed E-state index contributed by atoms with van der Waals surface area (Å²) in [5, 5.41) is 12.7. The van der Waals surface area contributed by atoms with E-state index in [1.54, 1.807) is 6.20 Å². The number of benzene rings is 2. The van der Waals surface area contributed by atoms with Gasteiger partial charge in [0.2, 0.25) is 0 Å². The maximum absolute atomic E-state index is 11.5. The van der Waals surface area contributed by atoms with Gasteiger partial charge in [-0.05, 0) is 65.3 Å². The van der Waals surface area contributed by atoms with E-state index in [0.717, 1.165) is 32.4 Å². The first-order valence-electron chi connectivity index (χ1n) is 11.5. The Morgan fingerprint density at radius 2 is 2.03 bits per heavy atom. The topological polar surface area (TPSA) is 74.7 Å². The average molecular weight is 444 g/mol. The van der Waals surface area contributed by atoms with E-state index in [2.05, 4.69) is 58.6 Å². The van der Waals surface area contributed by atoms with Crippen LogP contribution in [-0.2, 0) is 30.9 Å². The normalized spacial score (nSPS) is 16.7. The van der Waals surface area contributed by atoms with Crippen molar-refractivity contribution in [2.75, 3.05) is 23.8 Å². The molecule has 2 N–H and O–H groups in total. The smallest absolute Gasteiger partial charge is 0.337 e. The molecule has 0 radical (unpaired) electrons. The highest BCUT2D eigenvalue weighted by atomic mass is 16.5. The van der Waals surface area contributed by atoms with Crippen LogP contribution < -0.4 is 10.2 Å². The van der Waals surface area contributed by atoms with Gasteiger partial charge in [-0.1, -0.05) is 24.3 Å². The SMILES string of the molecule is CN(Cc1ccc2c(c1)COC2)c1ccc2c(c1)CCC[C@H]2CNc1cnccc1C(=O)O. The van der Waals surface area contributed by atoms with Gasteiger partial charge in [-0.3, -0.25) is 4.98 Å². The zero-order valence-electron chi connectivity index (χ0n) is 18.9. The number of hydrogen-bond acceptors (Lipinski definition) is 5. The van der Waals surface area contributed by atoms with Crippen LogP contribution in [0.3, 0.4) is 0 Å². The molecule has 170 valence electrons. The van der Waals surface area contributed by atoms with Crippen molar-refractivity contribution in [2.45, 2.75) is 44.9 Å². The molecule has 2 aliphatic rings. The van der Waals surface area contributed by atoms with Crippen LogP contribution >= 0.6 is 0 Å². The molecule has 0 spiro atoms. The Balaban J connectivity index is 1.29. The maximum Gasteiger partial charge on any atom is 0.337 e. The van der Waals surface area contributed by atoms with Crippen LogP contribution in [0.2, 0.25) is 0 Å². The number of nitrogens with zero attached hydrogens (tertiary/aromatic N) is 2. The molecule has 0 fully saturated rings. The maximum atomic E-state index is 11.5. The monoisotopic (exact) mass is 443 g/mol. The van der Waals surface area contributed by atoms with Gasteiger partial charge in [-0.2, -0.15) is 0 Å². The summed E-state index contributed by atoms with van der Waals surface area (Å²) in [5.74, 6) is -0.584. The minimum absolute atomic E-state index is 0.260. The number of anilines is 2. The Hall–Kier alpha value is -3.38. The standard InChI is InChI=1S/C27H29N3O3/c1-30(15-18-5-6-21-16-33-17-22(21)11-18)23-7-8-24-19(12-23)3-2-4-20(24)13-29-26-14-28-10-9-25(26)27(31)32/h5-12,14,20,29H,2-4,13,15-17H2,1H3,(H,31,32)/t20-/m0/s1. The number of fused-ring (bicyclic) bond motifs is 2. The summed E-state index contributed by atoms with van der Waals surface area (Å²) in [5.41, 5.74) is 8.72. The molecule has 1 atom stereocenters. The second-order valence-electron chi connectivity index (χ2n) is 9.03. The van der Waals surface area contributed by atoms with E-state index >= 15 is 0 Å². The molecule has 0 amide bonds. The lowest BCUT2D eigenvalue weighted by molar-refractivity contribution is 0.0697. The first-order valence-corrected chi connectivity index (χ1v) is 11.5. The number of carbonyl (C=O) groups is 1. The van der Waals surface area contributed by atoms with E-state index in [-0.39, 0.29) is 5.56 Å². The second-order valence-corrected chi connectivity index (χ2v) is 9.03. The van der Waals surface area contributed by atoms with Crippen molar-refractivity contribution >= 4 is 17.3 Å². The Labute approximate surface area is 194 Å². The van der Waals surface area contributed by atoms with Crippen LogP contribution in [0.1, 0.15) is 56.9 Å². The van der Waals surface area contributed by atoms with Crippen molar-refractivity contribution in [1.29, 1.82) is 0 Å². The van der Waals surface area contributed by atoms with Crippen molar-refractivity contribution in [2.24, 2.45) is 0 Å². The van der Waals surface area contributed by atoms with Gasteiger partial charge in [0.15, 0.2) is 0 Å². The summed E-state index contributed by atoms with van der Waals surface area (Å²) in [6.45, 7) is 3.00. The Bertz CT molecular complexity index is 1180. The summed E-state index contributed by atoms with van der Waals surface area (Å²) in [4.78, 5) is 17.9. The lowest BCUT2D eigenvalue weighted by Gasteiger charge is -2.28. The van der Waals surface area contributed by atoms with Gasteiger partial charge < -0.3 is 20.1 Å². The fraction of sp³-hybridized carbons (Fsp3) is 0.333. The summed E-state index contributed by atoms with van der Waals surface area (Å²) in [6.07, 6.45) is 6.41. The number of nitrogens with one attached hydrogen (secondary N) is 1. The highest BCUT2D eigenvalue weighted by Crippen LogP contribution is 2.34. The molecular weight excluding hydrogens is 414 g/mol. The van der Waals surface area contributed by atoms with Gasteiger partial charge in [0.25, 0.3) is 0 Å². The molecule has 6 nitrogen and oxygen atoms in total. The number of carboxylic acid groups (broad SMARTS) is 1. The number of carboxylic acids is 1. The predicted octanol–water partition coefficient (Wildman–Crippen LogP) is 4.98. The minimum atomic E-state index is -0.937. The van der Waals surface area contributed by atoms with Crippen molar-refractivity contribution in [3.05, 3.63) is 88.2 Å². The Morgan fingerprint density at radius 1 is 1.15 bits per heavy atom.